The van der Waals surface area contributed by atoms with E-state index in [9.17, 15) is 14.7 Å². The zero-order chi connectivity index (χ0) is 18.2. The third-order valence-electron chi connectivity index (χ3n) is 3.83. The van der Waals surface area contributed by atoms with Gasteiger partial charge in [-0.05, 0) is 17.0 Å². The largest absolute Gasteiger partial charge is 0.480 e. The van der Waals surface area contributed by atoms with Crippen LogP contribution in [0.15, 0.2) is 60.7 Å². The summed E-state index contributed by atoms with van der Waals surface area (Å²) >= 11 is 0. The van der Waals surface area contributed by atoms with Crippen LogP contribution in [-0.2, 0) is 14.3 Å². The number of benzene rings is 2. The van der Waals surface area contributed by atoms with E-state index < -0.39 is 24.0 Å². The maximum Gasteiger partial charge on any atom is 0.326 e. The molecule has 0 aliphatic carbocycles. The first kappa shape index (κ1) is 18.7. The average Bonchev–Trinajstić information content (AvgIpc) is 2.61. The van der Waals surface area contributed by atoms with Gasteiger partial charge >= 0.3 is 5.97 Å². The fraction of sp³-hybridized carbons (Fsp3) is 0.300. The van der Waals surface area contributed by atoms with E-state index >= 15 is 0 Å². The predicted molar refractivity (Wildman–Crippen MR) is 95.1 cm³/mol. The van der Waals surface area contributed by atoms with Gasteiger partial charge in [-0.15, -0.1) is 0 Å². The number of amides is 1. The number of carboxylic acid groups (broad SMARTS) is 1. The molecule has 0 heterocycles. The molecular formula is C20H23NO4. The Morgan fingerprint density at radius 2 is 1.44 bits per heavy atom. The second kappa shape index (κ2) is 8.99. The van der Waals surface area contributed by atoms with Crippen LogP contribution in [0.5, 0.6) is 0 Å². The molecule has 2 N–H and O–H groups in total. The zero-order valence-corrected chi connectivity index (χ0v) is 14.4. The van der Waals surface area contributed by atoms with Gasteiger partial charge in [-0.2, -0.15) is 0 Å². The lowest BCUT2D eigenvalue weighted by atomic mass is 10.0. The number of aliphatic carboxylic acids is 1. The molecule has 2 aromatic rings. The van der Waals surface area contributed by atoms with Gasteiger partial charge < -0.3 is 15.2 Å². The van der Waals surface area contributed by atoms with Crippen LogP contribution in [0.2, 0.25) is 0 Å². The second-order valence-electron chi connectivity index (χ2n) is 6.14. The third-order valence-corrected chi connectivity index (χ3v) is 3.83. The van der Waals surface area contributed by atoms with E-state index in [0.29, 0.717) is 0 Å². The first-order valence-electron chi connectivity index (χ1n) is 8.22. The minimum Gasteiger partial charge on any atom is -0.480 e. The number of hydrogen-bond donors (Lipinski definition) is 2. The molecule has 0 aliphatic rings. The normalized spacial score (nSPS) is 12.2. The summed E-state index contributed by atoms with van der Waals surface area (Å²) in [4.78, 5) is 23.3. The van der Waals surface area contributed by atoms with Crippen molar-refractivity contribution >= 4 is 11.9 Å². The van der Waals surface area contributed by atoms with Crippen LogP contribution in [0.1, 0.15) is 31.1 Å². The van der Waals surface area contributed by atoms with Gasteiger partial charge in [0.05, 0.1) is 0 Å². The predicted octanol–water partition coefficient (Wildman–Crippen LogP) is 3.02. The molecule has 0 fully saturated rings. The second-order valence-corrected chi connectivity index (χ2v) is 6.14. The summed E-state index contributed by atoms with van der Waals surface area (Å²) in [7, 11) is 0. The number of carbonyl (C=O) groups excluding carboxylic acids is 1. The maximum absolute atomic E-state index is 12.1. The summed E-state index contributed by atoms with van der Waals surface area (Å²) in [5.41, 5.74) is 1.86. The van der Waals surface area contributed by atoms with Crippen molar-refractivity contribution in [2.45, 2.75) is 26.0 Å². The fourth-order valence-corrected chi connectivity index (χ4v) is 2.53. The Bertz CT molecular complexity index is 646. The molecule has 132 valence electrons. The van der Waals surface area contributed by atoms with Gasteiger partial charge in [-0.25, -0.2) is 4.79 Å². The number of rotatable bonds is 8. The molecule has 0 saturated carbocycles. The van der Waals surface area contributed by atoms with E-state index in [0.717, 1.165) is 11.1 Å². The van der Waals surface area contributed by atoms with Crippen LogP contribution in [0.4, 0.5) is 0 Å². The number of carboxylic acids is 1. The van der Waals surface area contributed by atoms with Crippen LogP contribution in [0.25, 0.3) is 0 Å². The van der Waals surface area contributed by atoms with Crippen LogP contribution in [-0.4, -0.2) is 29.6 Å². The lowest BCUT2D eigenvalue weighted by molar-refractivity contribution is -0.144. The number of carbonyl (C=O) groups is 2. The van der Waals surface area contributed by atoms with Crippen LogP contribution >= 0.6 is 0 Å². The van der Waals surface area contributed by atoms with E-state index in [-0.39, 0.29) is 12.5 Å². The Morgan fingerprint density at radius 3 is 1.84 bits per heavy atom. The first-order valence-corrected chi connectivity index (χ1v) is 8.22. The molecule has 0 bridgehead atoms. The van der Waals surface area contributed by atoms with Crippen molar-refractivity contribution in [3.63, 3.8) is 0 Å². The highest BCUT2D eigenvalue weighted by molar-refractivity contribution is 5.84. The van der Waals surface area contributed by atoms with E-state index in [2.05, 4.69) is 5.32 Å². The van der Waals surface area contributed by atoms with E-state index in [1.807, 2.05) is 60.7 Å². The van der Waals surface area contributed by atoms with Gasteiger partial charge in [0.15, 0.2) is 0 Å². The molecular weight excluding hydrogens is 318 g/mol. The smallest absolute Gasteiger partial charge is 0.326 e. The van der Waals surface area contributed by atoms with Crippen molar-refractivity contribution < 1.29 is 19.4 Å². The van der Waals surface area contributed by atoms with Crippen LogP contribution in [0, 0.1) is 5.92 Å². The molecule has 0 aromatic heterocycles. The molecule has 1 amide bonds. The number of hydrogen-bond acceptors (Lipinski definition) is 3. The van der Waals surface area contributed by atoms with Gasteiger partial charge in [0.2, 0.25) is 5.91 Å². The van der Waals surface area contributed by atoms with Crippen molar-refractivity contribution in [2.24, 2.45) is 5.92 Å². The molecule has 25 heavy (non-hydrogen) atoms. The summed E-state index contributed by atoms with van der Waals surface area (Å²) < 4.78 is 5.83. The topological polar surface area (TPSA) is 75.6 Å². The van der Waals surface area contributed by atoms with Crippen molar-refractivity contribution in [1.29, 1.82) is 0 Å². The van der Waals surface area contributed by atoms with Gasteiger partial charge in [0, 0.05) is 0 Å². The highest BCUT2D eigenvalue weighted by atomic mass is 16.5. The highest BCUT2D eigenvalue weighted by Crippen LogP contribution is 2.25. The molecule has 1 unspecified atom stereocenters. The van der Waals surface area contributed by atoms with Crippen LogP contribution < -0.4 is 5.32 Å². The van der Waals surface area contributed by atoms with E-state index in [1.165, 1.54) is 0 Å². The molecule has 5 heteroatoms. The Balaban J connectivity index is 2.08. The van der Waals surface area contributed by atoms with Gasteiger partial charge in [0.25, 0.3) is 0 Å². The maximum atomic E-state index is 12.1. The van der Waals surface area contributed by atoms with E-state index in [4.69, 9.17) is 4.74 Å². The lowest BCUT2D eigenvalue weighted by Crippen LogP contribution is -2.45. The highest BCUT2D eigenvalue weighted by Gasteiger charge is 2.24. The number of nitrogens with one attached hydrogen (secondary N) is 1. The summed E-state index contributed by atoms with van der Waals surface area (Å²) in [6, 6.07) is 18.3. The van der Waals surface area contributed by atoms with E-state index in [1.54, 1.807) is 13.8 Å². The van der Waals surface area contributed by atoms with Crippen molar-refractivity contribution in [3.8, 4) is 0 Å². The Labute approximate surface area is 147 Å². The fourth-order valence-electron chi connectivity index (χ4n) is 2.53. The SMILES string of the molecule is CC(C)C(NC(=O)COC(c1ccccc1)c1ccccc1)C(=O)O. The Hall–Kier alpha value is -2.66. The monoisotopic (exact) mass is 341 g/mol. The molecule has 5 nitrogen and oxygen atoms in total. The quantitative estimate of drug-likeness (QED) is 0.774. The van der Waals surface area contributed by atoms with Gasteiger partial charge in [0.1, 0.15) is 18.8 Å². The van der Waals surface area contributed by atoms with Gasteiger partial charge in [-0.1, -0.05) is 74.5 Å². The summed E-state index contributed by atoms with van der Waals surface area (Å²) in [6.45, 7) is 3.28. The standard InChI is InChI=1S/C20H23NO4/c1-14(2)18(20(23)24)21-17(22)13-25-19(15-9-5-3-6-10-15)16-11-7-4-8-12-16/h3-12,14,18-19H,13H2,1-2H3,(H,21,22)(H,23,24). The average molecular weight is 341 g/mol. The Kier molecular flexibility index (Phi) is 6.71. The van der Waals surface area contributed by atoms with Gasteiger partial charge in [-0.3, -0.25) is 4.79 Å². The molecule has 0 radical (unpaired) electrons. The summed E-state index contributed by atoms with van der Waals surface area (Å²) in [6.07, 6.45) is -0.393. The summed E-state index contributed by atoms with van der Waals surface area (Å²) in [5.74, 6) is -1.70. The molecule has 0 spiro atoms. The molecule has 2 aromatic carbocycles. The van der Waals surface area contributed by atoms with Crippen LogP contribution in [0.3, 0.4) is 0 Å². The zero-order valence-electron chi connectivity index (χ0n) is 14.4. The van der Waals surface area contributed by atoms with Crippen molar-refractivity contribution in [2.75, 3.05) is 6.61 Å². The Morgan fingerprint density at radius 1 is 0.960 bits per heavy atom. The van der Waals surface area contributed by atoms with Crippen molar-refractivity contribution in [3.05, 3.63) is 71.8 Å². The molecule has 2 rings (SSSR count). The third kappa shape index (κ3) is 5.43. The minimum atomic E-state index is -1.05. The molecule has 0 saturated heterocycles. The first-order chi connectivity index (χ1) is 12.0. The summed E-state index contributed by atoms with van der Waals surface area (Å²) in [5, 5.41) is 11.7. The lowest BCUT2D eigenvalue weighted by Gasteiger charge is -2.21. The minimum absolute atomic E-state index is 0.208. The molecule has 0 aliphatic heterocycles. The van der Waals surface area contributed by atoms with Crippen molar-refractivity contribution in [1.82, 2.24) is 5.32 Å². The number of ether oxygens (including phenoxy) is 1. The molecule has 1 atom stereocenters.